The number of nitrogens with two attached hydrogens (primary N) is 3. The molecule has 0 radical (unpaired) electrons. The number of nitrogens with one attached hydrogen (secondary N) is 7. The van der Waals surface area contributed by atoms with Gasteiger partial charge < -0.3 is 79.7 Å². The minimum absolute atomic E-state index is 0.00375. The van der Waals surface area contributed by atoms with Crippen molar-refractivity contribution in [2.75, 3.05) is 31.2 Å². The van der Waals surface area contributed by atoms with Gasteiger partial charge in [0.25, 0.3) is 0 Å². The molecule has 0 unspecified atom stereocenters. The summed E-state index contributed by atoms with van der Waals surface area (Å²) >= 11 is 8.01. The summed E-state index contributed by atoms with van der Waals surface area (Å²) in [5.74, 6) is -11.4. The number of aliphatic carboxylic acids is 2. The van der Waals surface area contributed by atoms with Crippen LogP contribution in [0.2, 0.25) is 0 Å². The number of aliphatic hydroxyl groups excluding tert-OH is 2. The molecule has 0 spiro atoms. The van der Waals surface area contributed by atoms with Crippen molar-refractivity contribution in [2.45, 2.75) is 113 Å². The van der Waals surface area contributed by atoms with Crippen molar-refractivity contribution in [3.05, 3.63) is 0 Å². The maximum Gasteiger partial charge on any atom is 0.325 e. The lowest BCUT2D eigenvalue weighted by molar-refractivity contribution is -0.143. The van der Waals surface area contributed by atoms with Crippen LogP contribution in [-0.4, -0.2) is 182 Å². The fraction of sp³-hybridized carbons (Fsp3) is 0.676. The zero-order chi connectivity index (χ0) is 47.4. The van der Waals surface area contributed by atoms with E-state index in [1.54, 1.807) is 0 Å². The number of amides is 8. The van der Waals surface area contributed by atoms with Crippen LogP contribution < -0.4 is 54.4 Å². The van der Waals surface area contributed by atoms with Crippen molar-refractivity contribution in [1.29, 1.82) is 0 Å². The van der Waals surface area contributed by atoms with Crippen LogP contribution in [0.1, 0.15) is 52.9 Å². The zero-order valence-corrected chi connectivity index (χ0v) is 36.0. The summed E-state index contributed by atoms with van der Waals surface area (Å²) in [4.78, 5) is 133. The van der Waals surface area contributed by atoms with Gasteiger partial charge in [0, 0.05) is 24.6 Å². The summed E-state index contributed by atoms with van der Waals surface area (Å²) in [7, 11) is 0. The summed E-state index contributed by atoms with van der Waals surface area (Å²) in [6.07, 6.45) is -1.84. The molecule has 1 heterocycles. The van der Waals surface area contributed by atoms with Gasteiger partial charge >= 0.3 is 11.9 Å². The molecule has 62 heavy (non-hydrogen) atoms. The Labute approximate surface area is 366 Å². The summed E-state index contributed by atoms with van der Waals surface area (Å²) < 4.78 is 0. The highest BCUT2D eigenvalue weighted by Crippen LogP contribution is 2.19. The normalized spacial score (nSPS) is 17.7. The van der Waals surface area contributed by atoms with Crippen LogP contribution in [0.4, 0.5) is 0 Å². The molecule has 0 saturated carbocycles. The number of aliphatic hydroxyl groups is 2. The highest BCUT2D eigenvalue weighted by molar-refractivity contribution is 7.80. The fourth-order valence-electron chi connectivity index (χ4n) is 5.58. The number of hydrogen-bond donors (Lipinski definition) is 16. The summed E-state index contributed by atoms with van der Waals surface area (Å²) in [6, 6.07) is -13.0. The Morgan fingerprint density at radius 3 is 1.73 bits per heavy atom. The number of carbonyl (C=O) groups is 10. The maximum absolute atomic E-state index is 13.7. The van der Waals surface area contributed by atoms with Crippen LogP contribution in [0.3, 0.4) is 0 Å². The molecule has 1 rings (SSSR count). The number of likely N-dealkylation sites (tertiary alicyclic amines) is 1. The molecule has 350 valence electrons. The van der Waals surface area contributed by atoms with E-state index in [0.29, 0.717) is 6.42 Å². The molecular weight excluding hydrogens is 865 g/mol. The predicted octanol–water partition coefficient (Wildman–Crippen LogP) is -7.42. The van der Waals surface area contributed by atoms with Crippen molar-refractivity contribution in [3.8, 4) is 0 Å². The van der Waals surface area contributed by atoms with Crippen LogP contribution in [0.5, 0.6) is 0 Å². The van der Waals surface area contributed by atoms with Crippen molar-refractivity contribution in [3.63, 3.8) is 0 Å². The minimum Gasteiger partial charge on any atom is -0.481 e. The first kappa shape index (κ1) is 54.6. The van der Waals surface area contributed by atoms with Gasteiger partial charge in [-0.3, -0.25) is 52.9 Å². The monoisotopic (exact) mass is 922 g/mol. The Kier molecular flexibility index (Phi) is 23.6. The quantitative estimate of drug-likeness (QED) is 0.0166. The van der Waals surface area contributed by atoms with E-state index >= 15 is 0 Å². The van der Waals surface area contributed by atoms with E-state index in [1.807, 2.05) is 0 Å². The predicted molar refractivity (Wildman–Crippen MR) is 224 cm³/mol. The minimum atomic E-state index is -1.80. The zero-order valence-electron chi connectivity index (χ0n) is 34.2. The van der Waals surface area contributed by atoms with Crippen molar-refractivity contribution >= 4 is 90.4 Å². The van der Waals surface area contributed by atoms with Crippen LogP contribution in [0.25, 0.3) is 0 Å². The smallest absolute Gasteiger partial charge is 0.325 e. The Hall–Kier alpha value is -5.45. The lowest BCUT2D eigenvalue weighted by Gasteiger charge is -2.30. The molecule has 1 saturated heterocycles. The van der Waals surface area contributed by atoms with Gasteiger partial charge in [0.15, 0.2) is 5.96 Å². The second kappa shape index (κ2) is 26.8. The van der Waals surface area contributed by atoms with Gasteiger partial charge in [-0.25, -0.2) is 0 Å². The average molecular weight is 923 g/mol. The number of carbonyl (C=O) groups excluding carboxylic acids is 8. The third-order valence-corrected chi connectivity index (χ3v) is 9.89. The molecule has 0 bridgehead atoms. The van der Waals surface area contributed by atoms with Crippen molar-refractivity contribution in [2.24, 2.45) is 22.2 Å². The molecule has 0 aromatic heterocycles. The SMILES string of the molecule is C[C@H](NC(=O)[C@H](CS)NC(=O)[C@H](CC(=O)O)NC(=O)[C@H](C)NC(=O)[C@H](CCCN=C(N)N)NC(=O)[C@@H]1CCCN1C(=O)[C@H](CO)NC(=O)[C@H](CS)NC(=O)[C@@H](N)[C@@H](C)O)C(=O)O. The summed E-state index contributed by atoms with van der Waals surface area (Å²) in [5, 5.41) is 54.1. The number of nitrogens with zero attached hydrogens (tertiary/aromatic N) is 2. The van der Waals surface area contributed by atoms with Crippen LogP contribution in [0, 0.1) is 0 Å². The van der Waals surface area contributed by atoms with E-state index in [-0.39, 0.29) is 49.8 Å². The molecular formula is C34H58N12O14S2. The van der Waals surface area contributed by atoms with Crippen molar-refractivity contribution in [1.82, 2.24) is 42.1 Å². The van der Waals surface area contributed by atoms with E-state index in [0.717, 1.165) is 11.8 Å². The van der Waals surface area contributed by atoms with Gasteiger partial charge in [-0.15, -0.1) is 0 Å². The van der Waals surface area contributed by atoms with E-state index < -0.39 is 133 Å². The summed E-state index contributed by atoms with van der Waals surface area (Å²) in [6.45, 7) is 2.70. The second-order valence-electron chi connectivity index (χ2n) is 14.2. The number of carboxylic acid groups (broad SMARTS) is 2. The second-order valence-corrected chi connectivity index (χ2v) is 14.9. The van der Waals surface area contributed by atoms with Gasteiger partial charge in [0.1, 0.15) is 54.4 Å². The first-order chi connectivity index (χ1) is 29.0. The van der Waals surface area contributed by atoms with Gasteiger partial charge in [-0.05, 0) is 46.5 Å². The van der Waals surface area contributed by atoms with Gasteiger partial charge in [0.2, 0.25) is 47.3 Å². The largest absolute Gasteiger partial charge is 0.481 e. The molecule has 1 aliphatic rings. The number of guanidine groups is 1. The van der Waals surface area contributed by atoms with Crippen LogP contribution in [0.15, 0.2) is 4.99 Å². The fourth-order valence-corrected chi connectivity index (χ4v) is 6.10. The van der Waals surface area contributed by atoms with Gasteiger partial charge in [-0.1, -0.05) is 0 Å². The van der Waals surface area contributed by atoms with E-state index in [1.165, 1.54) is 13.8 Å². The molecule has 0 aliphatic carbocycles. The van der Waals surface area contributed by atoms with Crippen LogP contribution >= 0.6 is 25.3 Å². The Bertz CT molecular complexity index is 1670. The highest BCUT2D eigenvalue weighted by atomic mass is 32.1. The molecule has 26 nitrogen and oxygen atoms in total. The number of hydrogen-bond acceptors (Lipinski definition) is 16. The third-order valence-electron chi connectivity index (χ3n) is 9.16. The van der Waals surface area contributed by atoms with Crippen molar-refractivity contribution < 1.29 is 68.4 Å². The molecule has 0 aromatic carbocycles. The Morgan fingerprint density at radius 2 is 1.21 bits per heavy atom. The lowest BCUT2D eigenvalue weighted by atomic mass is 10.1. The number of thiol groups is 2. The first-order valence-corrected chi connectivity index (χ1v) is 20.4. The first-order valence-electron chi connectivity index (χ1n) is 19.2. The maximum atomic E-state index is 13.7. The third kappa shape index (κ3) is 17.9. The molecule has 1 aliphatic heterocycles. The molecule has 17 N–H and O–H groups in total. The summed E-state index contributed by atoms with van der Waals surface area (Å²) in [5.41, 5.74) is 16.4. The van der Waals surface area contributed by atoms with Crippen LogP contribution in [-0.2, 0) is 47.9 Å². The molecule has 10 atom stereocenters. The van der Waals surface area contributed by atoms with E-state index in [9.17, 15) is 63.3 Å². The molecule has 1 fully saturated rings. The lowest BCUT2D eigenvalue weighted by Crippen LogP contribution is -2.60. The highest BCUT2D eigenvalue weighted by Gasteiger charge is 2.40. The number of carboxylic acids is 2. The molecule has 8 amide bonds. The number of rotatable bonds is 26. The molecule has 0 aromatic rings. The Morgan fingerprint density at radius 1 is 0.710 bits per heavy atom. The Balaban J connectivity index is 3.17. The van der Waals surface area contributed by atoms with E-state index in [2.05, 4.69) is 67.5 Å². The van der Waals surface area contributed by atoms with Gasteiger partial charge in [0.05, 0.1) is 19.1 Å². The molecule has 28 heteroatoms. The standard InChI is InChI=1S/C34H58N12O14S2/c1-14(25(51)42-18(10-23(49)50)27(53)44-20(12-61)28(54)40-15(2)33(59)60)39-26(52)17(6-4-8-38-34(36)37)41-30(56)22-7-5-9-46(22)32(58)19(11-47)43-29(55)21(13-62)45-31(57)24(35)16(3)48/h14-22,24,47-48,61-62H,4-13,35H2,1-3H3,(H,39,52)(H,40,54)(H,41,56)(H,42,51)(H,43,55)(H,44,53)(H,45,57)(H,49,50)(H,59,60)(H4,36,37,38)/t14-,15-,16+,17-,18-,19-,20-,21-,22-,24-/m0/s1. The number of aliphatic imine (C=N–C) groups is 1. The topological polar surface area (TPSA) is 429 Å². The average Bonchev–Trinajstić information content (AvgIpc) is 3.70. The van der Waals surface area contributed by atoms with E-state index in [4.69, 9.17) is 22.3 Å². The van der Waals surface area contributed by atoms with Gasteiger partial charge in [-0.2, -0.15) is 25.3 Å².